The summed E-state index contributed by atoms with van der Waals surface area (Å²) >= 11 is 0. The molecule has 1 heterocycles. The molecule has 2 nitrogen and oxygen atoms in total. The molecule has 1 aromatic heterocycles. The van der Waals surface area contributed by atoms with E-state index < -0.39 is 0 Å². The van der Waals surface area contributed by atoms with Crippen molar-refractivity contribution in [2.75, 3.05) is 0 Å². The van der Waals surface area contributed by atoms with Crippen LogP contribution in [0.5, 0.6) is 0 Å². The maximum atomic E-state index is 5.83. The van der Waals surface area contributed by atoms with Gasteiger partial charge in [0.2, 0.25) is 0 Å². The van der Waals surface area contributed by atoms with E-state index in [0.717, 1.165) is 11.4 Å². The minimum absolute atomic E-state index is 0.0816. The third-order valence-corrected chi connectivity index (χ3v) is 2.04. The van der Waals surface area contributed by atoms with Crippen LogP contribution in [0.15, 0.2) is 6.07 Å². The van der Waals surface area contributed by atoms with E-state index in [1.165, 1.54) is 11.1 Å². The summed E-state index contributed by atoms with van der Waals surface area (Å²) in [7, 11) is 0. The Balaban J connectivity index is 3.28. The van der Waals surface area contributed by atoms with Crippen molar-refractivity contribution in [2.24, 2.45) is 5.73 Å². The Morgan fingerprint density at radius 3 is 2.33 bits per heavy atom. The Bertz CT molecular complexity index is 267. The third-order valence-electron chi connectivity index (χ3n) is 2.04. The molecule has 1 atom stereocenters. The lowest BCUT2D eigenvalue weighted by Crippen LogP contribution is -2.10. The number of rotatable bonds is 1. The maximum Gasteiger partial charge on any atom is 0.0426 e. The van der Waals surface area contributed by atoms with Gasteiger partial charge in [0.25, 0.3) is 0 Å². The molecular formula is C10H16N2. The summed E-state index contributed by atoms with van der Waals surface area (Å²) in [5.41, 5.74) is 10.4. The molecule has 0 spiro atoms. The Hall–Kier alpha value is -0.890. The number of nitrogens with two attached hydrogens (primary N) is 1. The first-order chi connectivity index (χ1) is 5.52. The first-order valence-corrected chi connectivity index (χ1v) is 4.22. The number of hydrogen-bond donors (Lipinski definition) is 1. The Labute approximate surface area is 73.8 Å². The van der Waals surface area contributed by atoms with Gasteiger partial charge in [0.1, 0.15) is 0 Å². The van der Waals surface area contributed by atoms with Gasteiger partial charge in [-0.25, -0.2) is 0 Å². The summed E-state index contributed by atoms with van der Waals surface area (Å²) in [6.07, 6.45) is 0. The van der Waals surface area contributed by atoms with E-state index in [9.17, 15) is 0 Å². The van der Waals surface area contributed by atoms with E-state index in [1.807, 2.05) is 20.8 Å². The Kier molecular flexibility index (Phi) is 2.48. The zero-order valence-electron chi connectivity index (χ0n) is 8.18. The smallest absolute Gasteiger partial charge is 0.0426 e. The van der Waals surface area contributed by atoms with Crippen LogP contribution in [0, 0.1) is 20.8 Å². The van der Waals surface area contributed by atoms with Crippen molar-refractivity contribution < 1.29 is 0 Å². The molecule has 0 bridgehead atoms. The van der Waals surface area contributed by atoms with E-state index in [-0.39, 0.29) is 6.04 Å². The van der Waals surface area contributed by atoms with Crippen LogP contribution in [0.25, 0.3) is 0 Å². The SMILES string of the molecule is Cc1cc(C)c(C(C)N)c(C)n1. The lowest BCUT2D eigenvalue weighted by Gasteiger charge is -2.13. The minimum Gasteiger partial charge on any atom is -0.324 e. The van der Waals surface area contributed by atoms with E-state index in [2.05, 4.69) is 18.0 Å². The van der Waals surface area contributed by atoms with Gasteiger partial charge in [-0.3, -0.25) is 4.98 Å². The van der Waals surface area contributed by atoms with Crippen LogP contribution < -0.4 is 5.73 Å². The summed E-state index contributed by atoms with van der Waals surface area (Å²) in [4.78, 5) is 4.38. The van der Waals surface area contributed by atoms with Gasteiger partial charge in [0.15, 0.2) is 0 Å². The third kappa shape index (κ3) is 1.64. The molecule has 0 aliphatic carbocycles. The van der Waals surface area contributed by atoms with Crippen molar-refractivity contribution in [3.63, 3.8) is 0 Å². The highest BCUT2D eigenvalue weighted by Crippen LogP contribution is 2.18. The Morgan fingerprint density at radius 2 is 1.92 bits per heavy atom. The van der Waals surface area contributed by atoms with Crippen LogP contribution in [0.4, 0.5) is 0 Å². The summed E-state index contributed by atoms with van der Waals surface area (Å²) < 4.78 is 0. The highest BCUT2D eigenvalue weighted by atomic mass is 14.7. The zero-order valence-corrected chi connectivity index (χ0v) is 8.18. The van der Waals surface area contributed by atoms with Gasteiger partial charge in [-0.1, -0.05) is 0 Å². The van der Waals surface area contributed by atoms with Gasteiger partial charge in [-0.15, -0.1) is 0 Å². The molecule has 1 aromatic rings. The fourth-order valence-corrected chi connectivity index (χ4v) is 1.72. The summed E-state index contributed by atoms with van der Waals surface area (Å²) in [5, 5.41) is 0. The molecule has 12 heavy (non-hydrogen) atoms. The fraction of sp³-hybridized carbons (Fsp3) is 0.500. The highest BCUT2D eigenvalue weighted by Gasteiger charge is 2.08. The highest BCUT2D eigenvalue weighted by molar-refractivity contribution is 5.32. The van der Waals surface area contributed by atoms with Crippen molar-refractivity contribution in [2.45, 2.75) is 33.7 Å². The molecule has 0 aromatic carbocycles. The monoisotopic (exact) mass is 164 g/mol. The lowest BCUT2D eigenvalue weighted by atomic mass is 10.0. The molecule has 1 rings (SSSR count). The fourth-order valence-electron chi connectivity index (χ4n) is 1.72. The molecular weight excluding hydrogens is 148 g/mol. The normalized spacial score (nSPS) is 13.1. The lowest BCUT2D eigenvalue weighted by molar-refractivity contribution is 0.787. The number of hydrogen-bond acceptors (Lipinski definition) is 2. The second-order valence-electron chi connectivity index (χ2n) is 3.37. The van der Waals surface area contributed by atoms with Gasteiger partial charge >= 0.3 is 0 Å². The van der Waals surface area contributed by atoms with Crippen molar-refractivity contribution in [3.05, 3.63) is 28.6 Å². The molecule has 0 amide bonds. The predicted octanol–water partition coefficient (Wildman–Crippen LogP) is 2.03. The molecule has 0 saturated heterocycles. The van der Waals surface area contributed by atoms with Crippen molar-refractivity contribution in [1.82, 2.24) is 4.98 Å². The largest absolute Gasteiger partial charge is 0.324 e. The van der Waals surface area contributed by atoms with Gasteiger partial charge in [0, 0.05) is 17.4 Å². The molecule has 66 valence electrons. The van der Waals surface area contributed by atoms with Gasteiger partial charge in [-0.05, 0) is 44.9 Å². The summed E-state index contributed by atoms with van der Waals surface area (Å²) in [6, 6.07) is 2.16. The minimum atomic E-state index is 0.0816. The van der Waals surface area contributed by atoms with Crippen LogP contribution in [0.1, 0.15) is 35.5 Å². The van der Waals surface area contributed by atoms with Crippen LogP contribution in [-0.2, 0) is 0 Å². The van der Waals surface area contributed by atoms with Crippen LogP contribution in [-0.4, -0.2) is 4.98 Å². The quantitative estimate of drug-likeness (QED) is 0.689. The van der Waals surface area contributed by atoms with Gasteiger partial charge in [0.05, 0.1) is 0 Å². The summed E-state index contributed by atoms with van der Waals surface area (Å²) in [5.74, 6) is 0. The van der Waals surface area contributed by atoms with E-state index >= 15 is 0 Å². The number of nitrogens with zero attached hydrogens (tertiary/aromatic N) is 1. The molecule has 0 fully saturated rings. The van der Waals surface area contributed by atoms with Crippen molar-refractivity contribution in [3.8, 4) is 0 Å². The van der Waals surface area contributed by atoms with Crippen LogP contribution in [0.3, 0.4) is 0 Å². The number of pyridine rings is 1. The topological polar surface area (TPSA) is 38.9 Å². The number of aromatic nitrogens is 1. The van der Waals surface area contributed by atoms with Crippen LogP contribution >= 0.6 is 0 Å². The second-order valence-corrected chi connectivity index (χ2v) is 3.37. The zero-order chi connectivity index (χ0) is 9.30. The second kappa shape index (κ2) is 3.23. The molecule has 2 N–H and O–H groups in total. The average Bonchev–Trinajstić information content (AvgIpc) is 1.82. The molecule has 0 aliphatic heterocycles. The Morgan fingerprint density at radius 1 is 1.33 bits per heavy atom. The molecule has 1 unspecified atom stereocenters. The van der Waals surface area contributed by atoms with Crippen molar-refractivity contribution in [1.29, 1.82) is 0 Å². The van der Waals surface area contributed by atoms with Crippen LogP contribution in [0.2, 0.25) is 0 Å². The first kappa shape index (κ1) is 9.20. The molecule has 0 radical (unpaired) electrons. The van der Waals surface area contributed by atoms with Crippen molar-refractivity contribution >= 4 is 0 Å². The van der Waals surface area contributed by atoms with E-state index in [4.69, 9.17) is 5.73 Å². The summed E-state index contributed by atoms with van der Waals surface area (Å²) in [6.45, 7) is 8.09. The van der Waals surface area contributed by atoms with E-state index in [1.54, 1.807) is 0 Å². The standard InChI is InChI=1S/C10H16N2/c1-6-5-7(2)12-9(4)10(6)8(3)11/h5,8H,11H2,1-4H3. The van der Waals surface area contributed by atoms with E-state index in [0.29, 0.717) is 0 Å². The average molecular weight is 164 g/mol. The van der Waals surface area contributed by atoms with Gasteiger partial charge < -0.3 is 5.73 Å². The molecule has 0 aliphatic rings. The molecule has 0 saturated carbocycles. The first-order valence-electron chi connectivity index (χ1n) is 4.22. The maximum absolute atomic E-state index is 5.83. The molecule has 2 heteroatoms. The predicted molar refractivity (Wildman–Crippen MR) is 51.1 cm³/mol. The van der Waals surface area contributed by atoms with Gasteiger partial charge in [-0.2, -0.15) is 0 Å². The number of aryl methyl sites for hydroxylation is 3.